The first-order chi connectivity index (χ1) is 6.45. The summed E-state index contributed by atoms with van der Waals surface area (Å²) in [4.78, 5) is 0. The number of hydrogen-bond donors (Lipinski definition) is 1. The van der Waals surface area contributed by atoms with Crippen molar-refractivity contribution in [3.8, 4) is 0 Å². The van der Waals surface area contributed by atoms with Crippen molar-refractivity contribution in [3.63, 3.8) is 0 Å². The SMILES string of the molecule is C1=C(Cc2ccccc2)NCCC1. The molecule has 1 aromatic carbocycles. The Morgan fingerprint density at radius 3 is 2.69 bits per heavy atom. The third-order valence-electron chi connectivity index (χ3n) is 2.36. The molecule has 2 rings (SSSR count). The van der Waals surface area contributed by atoms with E-state index >= 15 is 0 Å². The van der Waals surface area contributed by atoms with E-state index < -0.39 is 0 Å². The molecule has 1 heteroatoms. The molecule has 0 aliphatic carbocycles. The maximum absolute atomic E-state index is 3.43. The molecule has 0 radical (unpaired) electrons. The zero-order valence-electron chi connectivity index (χ0n) is 7.79. The molecule has 1 aliphatic heterocycles. The first-order valence-electron chi connectivity index (χ1n) is 4.92. The Hall–Kier alpha value is -1.24. The van der Waals surface area contributed by atoms with Crippen molar-refractivity contribution >= 4 is 0 Å². The predicted molar refractivity (Wildman–Crippen MR) is 55.5 cm³/mol. The summed E-state index contributed by atoms with van der Waals surface area (Å²) in [6.07, 6.45) is 5.88. The average molecular weight is 173 g/mol. The minimum atomic E-state index is 1.06. The van der Waals surface area contributed by atoms with Gasteiger partial charge in [-0.25, -0.2) is 0 Å². The zero-order valence-corrected chi connectivity index (χ0v) is 7.79. The van der Waals surface area contributed by atoms with E-state index in [0.717, 1.165) is 13.0 Å². The summed E-state index contributed by atoms with van der Waals surface area (Å²) < 4.78 is 0. The molecule has 0 bridgehead atoms. The standard InChI is InChI=1S/C12H15N/c1-2-6-11(7-3-1)10-12-8-4-5-9-13-12/h1-3,6-8,13H,4-5,9-10H2. The highest BCUT2D eigenvalue weighted by Crippen LogP contribution is 2.10. The van der Waals surface area contributed by atoms with Crippen LogP contribution in [-0.2, 0) is 6.42 Å². The lowest BCUT2D eigenvalue weighted by molar-refractivity contribution is 0.673. The van der Waals surface area contributed by atoms with E-state index in [0.29, 0.717) is 0 Å². The Labute approximate surface area is 79.5 Å². The van der Waals surface area contributed by atoms with Crippen LogP contribution in [0.2, 0.25) is 0 Å². The van der Waals surface area contributed by atoms with Crippen LogP contribution >= 0.6 is 0 Å². The Bertz CT molecular complexity index is 287. The highest BCUT2D eigenvalue weighted by atomic mass is 14.9. The highest BCUT2D eigenvalue weighted by Gasteiger charge is 2.02. The average Bonchev–Trinajstić information content (AvgIpc) is 2.21. The molecule has 0 aromatic heterocycles. The van der Waals surface area contributed by atoms with Crippen LogP contribution < -0.4 is 5.32 Å². The van der Waals surface area contributed by atoms with E-state index in [-0.39, 0.29) is 0 Å². The second-order valence-corrected chi connectivity index (χ2v) is 3.46. The second kappa shape index (κ2) is 4.13. The van der Waals surface area contributed by atoms with Crippen LogP contribution in [0.15, 0.2) is 42.1 Å². The Morgan fingerprint density at radius 2 is 2.00 bits per heavy atom. The summed E-state index contributed by atoms with van der Waals surface area (Å²) in [5.41, 5.74) is 2.78. The number of allylic oxidation sites excluding steroid dienone is 2. The molecule has 1 nitrogen and oxygen atoms in total. The predicted octanol–water partition coefficient (Wildman–Crippen LogP) is 2.50. The van der Waals surface area contributed by atoms with Gasteiger partial charge in [-0.05, 0) is 18.4 Å². The maximum Gasteiger partial charge on any atom is 0.0146 e. The van der Waals surface area contributed by atoms with E-state index in [2.05, 4.69) is 41.7 Å². The van der Waals surface area contributed by atoms with Crippen molar-refractivity contribution in [1.82, 2.24) is 5.32 Å². The molecule has 0 saturated heterocycles. The Kier molecular flexibility index (Phi) is 2.65. The molecule has 1 aliphatic rings. The van der Waals surface area contributed by atoms with Crippen LogP contribution in [-0.4, -0.2) is 6.54 Å². The topological polar surface area (TPSA) is 12.0 Å². The van der Waals surface area contributed by atoms with Crippen LogP contribution in [0, 0.1) is 0 Å². The zero-order chi connectivity index (χ0) is 8.93. The normalized spacial score (nSPS) is 16.2. The fourth-order valence-corrected chi connectivity index (χ4v) is 1.65. The molecule has 1 heterocycles. The smallest absolute Gasteiger partial charge is 0.0146 e. The van der Waals surface area contributed by atoms with Crippen molar-refractivity contribution < 1.29 is 0 Å². The van der Waals surface area contributed by atoms with Gasteiger partial charge < -0.3 is 5.32 Å². The molecule has 13 heavy (non-hydrogen) atoms. The maximum atomic E-state index is 3.43. The van der Waals surface area contributed by atoms with Gasteiger partial charge in [0.15, 0.2) is 0 Å². The summed E-state index contributed by atoms with van der Waals surface area (Å²) in [5, 5.41) is 3.43. The molecule has 1 aromatic rings. The van der Waals surface area contributed by atoms with E-state index in [1.165, 1.54) is 24.1 Å². The Morgan fingerprint density at radius 1 is 1.15 bits per heavy atom. The first kappa shape index (κ1) is 8.36. The number of rotatable bonds is 2. The molecular formula is C12H15N. The first-order valence-corrected chi connectivity index (χ1v) is 4.92. The van der Waals surface area contributed by atoms with Gasteiger partial charge in [0.25, 0.3) is 0 Å². The summed E-state index contributed by atoms with van der Waals surface area (Å²) in [5.74, 6) is 0. The van der Waals surface area contributed by atoms with Gasteiger partial charge in [0.2, 0.25) is 0 Å². The lowest BCUT2D eigenvalue weighted by Crippen LogP contribution is -2.19. The largest absolute Gasteiger partial charge is 0.388 e. The van der Waals surface area contributed by atoms with Gasteiger partial charge >= 0.3 is 0 Å². The molecule has 0 spiro atoms. The van der Waals surface area contributed by atoms with Crippen molar-refractivity contribution in [1.29, 1.82) is 0 Å². The molecule has 68 valence electrons. The summed E-state index contributed by atoms with van der Waals surface area (Å²) in [6, 6.07) is 10.6. The second-order valence-electron chi connectivity index (χ2n) is 3.46. The molecular weight excluding hydrogens is 158 g/mol. The molecule has 0 unspecified atom stereocenters. The van der Waals surface area contributed by atoms with Gasteiger partial charge in [0, 0.05) is 18.7 Å². The summed E-state index contributed by atoms with van der Waals surface area (Å²) in [6.45, 7) is 1.14. The van der Waals surface area contributed by atoms with Crippen LogP contribution in [0.25, 0.3) is 0 Å². The minimum absolute atomic E-state index is 1.06. The van der Waals surface area contributed by atoms with Crippen molar-refractivity contribution in [2.45, 2.75) is 19.3 Å². The molecule has 0 atom stereocenters. The van der Waals surface area contributed by atoms with Crippen molar-refractivity contribution in [3.05, 3.63) is 47.7 Å². The van der Waals surface area contributed by atoms with Crippen LogP contribution in [0.3, 0.4) is 0 Å². The van der Waals surface area contributed by atoms with E-state index in [1.807, 2.05) is 0 Å². The van der Waals surface area contributed by atoms with E-state index in [9.17, 15) is 0 Å². The van der Waals surface area contributed by atoms with Gasteiger partial charge in [-0.2, -0.15) is 0 Å². The number of nitrogens with one attached hydrogen (secondary N) is 1. The van der Waals surface area contributed by atoms with Crippen LogP contribution in [0.5, 0.6) is 0 Å². The minimum Gasteiger partial charge on any atom is -0.388 e. The van der Waals surface area contributed by atoms with E-state index in [1.54, 1.807) is 0 Å². The number of hydrogen-bond acceptors (Lipinski definition) is 1. The van der Waals surface area contributed by atoms with Gasteiger partial charge in [-0.15, -0.1) is 0 Å². The molecule has 0 saturated carbocycles. The third-order valence-corrected chi connectivity index (χ3v) is 2.36. The van der Waals surface area contributed by atoms with Crippen molar-refractivity contribution in [2.75, 3.05) is 6.54 Å². The summed E-state index contributed by atoms with van der Waals surface area (Å²) in [7, 11) is 0. The quantitative estimate of drug-likeness (QED) is 0.724. The van der Waals surface area contributed by atoms with Crippen LogP contribution in [0.1, 0.15) is 18.4 Å². The van der Waals surface area contributed by atoms with Gasteiger partial charge in [0.05, 0.1) is 0 Å². The lowest BCUT2D eigenvalue weighted by Gasteiger charge is -2.15. The summed E-state index contributed by atoms with van der Waals surface area (Å²) >= 11 is 0. The van der Waals surface area contributed by atoms with Gasteiger partial charge in [-0.3, -0.25) is 0 Å². The third kappa shape index (κ3) is 2.35. The van der Waals surface area contributed by atoms with Gasteiger partial charge in [-0.1, -0.05) is 36.4 Å². The monoisotopic (exact) mass is 173 g/mol. The molecule has 0 amide bonds. The Balaban J connectivity index is 2.01. The van der Waals surface area contributed by atoms with E-state index in [4.69, 9.17) is 0 Å². The molecule has 1 N–H and O–H groups in total. The van der Waals surface area contributed by atoms with Crippen LogP contribution in [0.4, 0.5) is 0 Å². The highest BCUT2D eigenvalue weighted by molar-refractivity contribution is 5.21. The lowest BCUT2D eigenvalue weighted by atomic mass is 10.1. The fraction of sp³-hybridized carbons (Fsp3) is 0.333. The molecule has 0 fully saturated rings. The van der Waals surface area contributed by atoms with Crippen molar-refractivity contribution in [2.24, 2.45) is 0 Å². The number of benzene rings is 1. The van der Waals surface area contributed by atoms with Gasteiger partial charge in [0.1, 0.15) is 0 Å². The fourth-order valence-electron chi connectivity index (χ4n) is 1.65.